The number of carbonyl (C=O) groups is 2. The molecule has 200 valence electrons. The molecule has 11 heteroatoms. The Hall–Kier alpha value is -3.80. The highest BCUT2D eigenvalue weighted by Gasteiger charge is 2.27. The van der Waals surface area contributed by atoms with E-state index in [0.717, 1.165) is 5.56 Å². The lowest BCUT2D eigenvalue weighted by atomic mass is 10.1. The van der Waals surface area contributed by atoms with E-state index in [9.17, 15) is 18.0 Å². The number of hydrogen-bond acceptors (Lipinski definition) is 7. The second-order valence-electron chi connectivity index (χ2n) is 8.63. The average Bonchev–Trinajstić information content (AvgIpc) is 2.96. The lowest BCUT2D eigenvalue weighted by molar-refractivity contribution is -0.116. The number of pyridine rings is 1. The smallest absolute Gasteiger partial charge is 0.253 e. The molecule has 10 nitrogen and oxygen atoms in total. The molecule has 0 radical (unpaired) electrons. The van der Waals surface area contributed by atoms with Crippen LogP contribution in [0.5, 0.6) is 5.75 Å². The zero-order valence-corrected chi connectivity index (χ0v) is 21.9. The van der Waals surface area contributed by atoms with Crippen LogP contribution in [0.25, 0.3) is 0 Å². The number of ether oxygens (including phenoxy) is 2. The zero-order chi connectivity index (χ0) is 27.0. The number of morpholine rings is 1. The van der Waals surface area contributed by atoms with Crippen LogP contribution in [-0.4, -0.2) is 62.9 Å². The summed E-state index contributed by atoms with van der Waals surface area (Å²) in [5.41, 5.74) is 2.17. The van der Waals surface area contributed by atoms with Gasteiger partial charge in [-0.25, -0.2) is 8.42 Å². The van der Waals surface area contributed by atoms with Crippen LogP contribution in [0.3, 0.4) is 0 Å². The van der Waals surface area contributed by atoms with Gasteiger partial charge >= 0.3 is 0 Å². The number of amides is 2. The number of aryl methyl sites for hydroxylation is 1. The van der Waals surface area contributed by atoms with E-state index in [1.54, 1.807) is 54.9 Å². The third-order valence-electron chi connectivity index (χ3n) is 6.10. The number of hydrogen-bond donors (Lipinski definition) is 2. The first kappa shape index (κ1) is 27.2. The van der Waals surface area contributed by atoms with Crippen LogP contribution in [0.15, 0.2) is 71.9 Å². The van der Waals surface area contributed by atoms with Crippen LogP contribution in [0.1, 0.15) is 27.9 Å². The third-order valence-corrected chi connectivity index (χ3v) is 8.00. The highest BCUT2D eigenvalue weighted by Crippen LogP contribution is 2.26. The van der Waals surface area contributed by atoms with Crippen molar-refractivity contribution in [2.45, 2.75) is 24.3 Å². The molecule has 0 saturated carbocycles. The first-order valence-electron chi connectivity index (χ1n) is 12.2. The fourth-order valence-corrected chi connectivity index (χ4v) is 5.54. The van der Waals surface area contributed by atoms with Crippen LogP contribution < -0.4 is 15.4 Å². The minimum atomic E-state index is -3.69. The molecule has 0 spiro atoms. The first-order valence-corrected chi connectivity index (χ1v) is 13.6. The van der Waals surface area contributed by atoms with Gasteiger partial charge in [0, 0.05) is 38.4 Å². The van der Waals surface area contributed by atoms with Crippen molar-refractivity contribution in [1.82, 2.24) is 14.6 Å². The Morgan fingerprint density at radius 3 is 2.61 bits per heavy atom. The Morgan fingerprint density at radius 1 is 1.08 bits per heavy atom. The van der Waals surface area contributed by atoms with Crippen molar-refractivity contribution < 1.29 is 27.5 Å². The minimum Gasteiger partial charge on any atom is -0.496 e. The number of nitrogens with zero attached hydrogens (tertiary/aromatic N) is 2. The molecule has 3 aromatic rings. The van der Waals surface area contributed by atoms with Crippen LogP contribution in [0.4, 0.5) is 5.69 Å². The summed E-state index contributed by atoms with van der Waals surface area (Å²) in [7, 11) is -2.19. The molecule has 0 bridgehead atoms. The second kappa shape index (κ2) is 12.6. The van der Waals surface area contributed by atoms with E-state index >= 15 is 0 Å². The summed E-state index contributed by atoms with van der Waals surface area (Å²) in [5.74, 6) is -0.151. The summed E-state index contributed by atoms with van der Waals surface area (Å²) in [6.07, 6.45) is 3.63. The number of methoxy groups -OCH3 is 1. The Bertz CT molecular complexity index is 1380. The SMILES string of the molecule is COc1ccc(S(=O)(=O)N2CCOCC2)cc1CCC(=O)Nc1ccccc1C(=O)NCc1cccnc1. The quantitative estimate of drug-likeness (QED) is 0.406. The molecule has 1 aromatic heterocycles. The van der Waals surface area contributed by atoms with E-state index in [-0.39, 0.29) is 29.6 Å². The standard InChI is InChI=1S/C27H30N4O6S/c1-36-25-10-9-22(38(34,35)31-13-15-37-16-14-31)17-21(25)8-11-26(32)30-24-7-3-2-6-23(24)27(33)29-19-20-5-4-12-28-18-20/h2-7,9-10,12,17-18H,8,11,13-16,19H2,1H3,(H,29,33)(H,30,32). The molecule has 1 aliphatic heterocycles. The molecular weight excluding hydrogens is 508 g/mol. The molecule has 1 fully saturated rings. The van der Waals surface area contributed by atoms with Gasteiger partial charge in [0.1, 0.15) is 5.75 Å². The van der Waals surface area contributed by atoms with Crippen molar-refractivity contribution in [2.75, 3.05) is 38.7 Å². The predicted octanol–water partition coefficient (Wildman–Crippen LogP) is 2.61. The monoisotopic (exact) mass is 538 g/mol. The average molecular weight is 539 g/mol. The highest BCUT2D eigenvalue weighted by atomic mass is 32.2. The van der Waals surface area contributed by atoms with E-state index in [1.165, 1.54) is 17.5 Å². The molecule has 0 aliphatic carbocycles. The molecule has 4 rings (SSSR count). The van der Waals surface area contributed by atoms with E-state index < -0.39 is 10.0 Å². The molecule has 2 amide bonds. The maximum atomic E-state index is 13.1. The van der Waals surface area contributed by atoms with Gasteiger partial charge < -0.3 is 20.1 Å². The summed E-state index contributed by atoms with van der Waals surface area (Å²) in [6.45, 7) is 1.60. The molecule has 38 heavy (non-hydrogen) atoms. The summed E-state index contributed by atoms with van der Waals surface area (Å²) >= 11 is 0. The molecule has 1 saturated heterocycles. The van der Waals surface area contributed by atoms with Gasteiger partial charge in [0.25, 0.3) is 5.91 Å². The van der Waals surface area contributed by atoms with Gasteiger partial charge in [-0.3, -0.25) is 14.6 Å². The van der Waals surface area contributed by atoms with Gasteiger partial charge in [-0.2, -0.15) is 4.31 Å². The van der Waals surface area contributed by atoms with Gasteiger partial charge in [-0.1, -0.05) is 18.2 Å². The van der Waals surface area contributed by atoms with Gasteiger partial charge in [0.15, 0.2) is 0 Å². The van der Waals surface area contributed by atoms with E-state index in [4.69, 9.17) is 9.47 Å². The third kappa shape index (κ3) is 6.74. The van der Waals surface area contributed by atoms with Crippen molar-refractivity contribution >= 4 is 27.5 Å². The van der Waals surface area contributed by atoms with E-state index in [2.05, 4.69) is 15.6 Å². The molecule has 1 aliphatic rings. The summed E-state index contributed by atoms with van der Waals surface area (Å²) in [6, 6.07) is 15.1. The summed E-state index contributed by atoms with van der Waals surface area (Å²) in [5, 5.41) is 5.63. The number of aromatic nitrogens is 1. The van der Waals surface area contributed by atoms with Crippen LogP contribution in [0, 0.1) is 0 Å². The maximum Gasteiger partial charge on any atom is 0.253 e. The fraction of sp³-hybridized carbons (Fsp3) is 0.296. The molecular formula is C27H30N4O6S. The number of benzene rings is 2. The van der Waals surface area contributed by atoms with Crippen LogP contribution in [0.2, 0.25) is 0 Å². The lowest BCUT2D eigenvalue weighted by Gasteiger charge is -2.26. The Morgan fingerprint density at radius 2 is 1.87 bits per heavy atom. The highest BCUT2D eigenvalue weighted by molar-refractivity contribution is 7.89. The van der Waals surface area contributed by atoms with Gasteiger partial charge in [-0.15, -0.1) is 0 Å². The van der Waals surface area contributed by atoms with Gasteiger partial charge in [0.2, 0.25) is 15.9 Å². The van der Waals surface area contributed by atoms with Crippen LogP contribution >= 0.6 is 0 Å². The number of carbonyl (C=O) groups excluding carboxylic acids is 2. The van der Waals surface area contributed by atoms with Crippen molar-refractivity contribution in [1.29, 1.82) is 0 Å². The molecule has 0 unspecified atom stereocenters. The molecule has 2 N–H and O–H groups in total. The van der Waals surface area contributed by atoms with Crippen molar-refractivity contribution in [3.8, 4) is 5.75 Å². The van der Waals surface area contributed by atoms with E-state index in [1.807, 2.05) is 6.07 Å². The first-order chi connectivity index (χ1) is 18.4. The number of nitrogens with one attached hydrogen (secondary N) is 2. The second-order valence-corrected chi connectivity index (χ2v) is 10.6. The van der Waals surface area contributed by atoms with Gasteiger partial charge in [0.05, 0.1) is 36.5 Å². The Labute approximate surface area is 222 Å². The summed E-state index contributed by atoms with van der Waals surface area (Å²) in [4.78, 5) is 29.8. The number of sulfonamides is 1. The van der Waals surface area contributed by atoms with Gasteiger partial charge in [-0.05, 0) is 53.9 Å². The topological polar surface area (TPSA) is 127 Å². The molecule has 2 heterocycles. The molecule has 2 aromatic carbocycles. The minimum absolute atomic E-state index is 0.0586. The fourth-order valence-electron chi connectivity index (χ4n) is 4.08. The largest absolute Gasteiger partial charge is 0.496 e. The van der Waals surface area contributed by atoms with Crippen molar-refractivity contribution in [3.63, 3.8) is 0 Å². The summed E-state index contributed by atoms with van der Waals surface area (Å²) < 4.78 is 38.2. The normalized spacial score (nSPS) is 14.0. The van der Waals surface area contributed by atoms with Crippen molar-refractivity contribution in [3.05, 3.63) is 83.7 Å². The molecule has 0 atom stereocenters. The Kier molecular flexibility index (Phi) is 9.06. The van der Waals surface area contributed by atoms with E-state index in [0.29, 0.717) is 55.4 Å². The van der Waals surface area contributed by atoms with Crippen molar-refractivity contribution in [2.24, 2.45) is 0 Å². The zero-order valence-electron chi connectivity index (χ0n) is 21.1. The number of para-hydroxylation sites is 1. The maximum absolute atomic E-state index is 13.1. The van der Waals surface area contributed by atoms with Crippen LogP contribution in [-0.2, 0) is 32.5 Å². The number of anilines is 1. The number of rotatable bonds is 10. The Balaban J connectivity index is 1.41. The lowest BCUT2D eigenvalue weighted by Crippen LogP contribution is -2.40. The predicted molar refractivity (Wildman–Crippen MR) is 141 cm³/mol.